The van der Waals surface area contributed by atoms with Crippen molar-refractivity contribution in [3.63, 3.8) is 0 Å². The van der Waals surface area contributed by atoms with E-state index in [-0.39, 0.29) is 0 Å². The van der Waals surface area contributed by atoms with Crippen LogP contribution >= 0.6 is 0 Å². The van der Waals surface area contributed by atoms with Gasteiger partial charge in [-0.15, -0.1) is 18.9 Å². The van der Waals surface area contributed by atoms with Crippen molar-refractivity contribution >= 4 is 0 Å². The Labute approximate surface area is 76.4 Å². The average Bonchev–Trinajstić information content (AvgIpc) is 2.11. The maximum atomic E-state index is 5.29. The van der Waals surface area contributed by atoms with E-state index in [1.54, 1.807) is 0 Å². The standard InChI is InChI=1S/C12H18/c1-5-8-10-12(9-6-2)11(4)7-3/h2,5,7-8,11-12H,3,9-10H2,1,4H3. The summed E-state index contributed by atoms with van der Waals surface area (Å²) in [5.74, 6) is 3.78. The SMILES string of the molecule is C#CCC(CC=CC)C(C)C=C. The van der Waals surface area contributed by atoms with Gasteiger partial charge in [-0.3, -0.25) is 0 Å². The maximum absolute atomic E-state index is 5.29. The van der Waals surface area contributed by atoms with Crippen molar-refractivity contribution in [3.8, 4) is 12.3 Å². The highest BCUT2D eigenvalue weighted by atomic mass is 14.1. The van der Waals surface area contributed by atoms with Gasteiger partial charge >= 0.3 is 0 Å². The topological polar surface area (TPSA) is 0 Å². The summed E-state index contributed by atoms with van der Waals surface area (Å²) in [6.45, 7) is 7.98. The smallest absolute Gasteiger partial charge is 0.0123 e. The predicted molar refractivity (Wildman–Crippen MR) is 55.7 cm³/mol. The van der Waals surface area contributed by atoms with Crippen LogP contribution in [0.2, 0.25) is 0 Å². The summed E-state index contributed by atoms with van der Waals surface area (Å²) in [5.41, 5.74) is 0. The van der Waals surface area contributed by atoms with E-state index >= 15 is 0 Å². The van der Waals surface area contributed by atoms with Crippen LogP contribution < -0.4 is 0 Å². The molecule has 0 spiro atoms. The third-order valence-electron chi connectivity index (χ3n) is 2.17. The van der Waals surface area contributed by atoms with Crippen LogP contribution in [-0.4, -0.2) is 0 Å². The molecule has 0 heterocycles. The van der Waals surface area contributed by atoms with Crippen LogP contribution in [0.3, 0.4) is 0 Å². The minimum atomic E-state index is 0.511. The molecule has 0 aromatic carbocycles. The molecule has 0 heteroatoms. The fourth-order valence-corrected chi connectivity index (χ4v) is 1.14. The number of hydrogen-bond donors (Lipinski definition) is 0. The first kappa shape index (κ1) is 11.0. The average molecular weight is 162 g/mol. The van der Waals surface area contributed by atoms with Gasteiger partial charge in [0.25, 0.3) is 0 Å². The Kier molecular flexibility index (Phi) is 6.19. The van der Waals surface area contributed by atoms with Crippen LogP contribution in [0.1, 0.15) is 26.7 Å². The molecule has 0 aromatic rings. The predicted octanol–water partition coefficient (Wildman–Crippen LogP) is 3.41. The molecule has 0 radical (unpaired) electrons. The lowest BCUT2D eigenvalue weighted by molar-refractivity contribution is 0.436. The number of hydrogen-bond acceptors (Lipinski definition) is 0. The Bertz CT molecular complexity index is 181. The lowest BCUT2D eigenvalue weighted by Crippen LogP contribution is -2.07. The van der Waals surface area contributed by atoms with Gasteiger partial charge in [-0.25, -0.2) is 0 Å². The molecule has 0 saturated heterocycles. The second-order valence-corrected chi connectivity index (χ2v) is 3.07. The first-order valence-electron chi connectivity index (χ1n) is 4.43. The minimum absolute atomic E-state index is 0.511. The van der Waals surface area contributed by atoms with Gasteiger partial charge in [-0.05, 0) is 25.2 Å². The van der Waals surface area contributed by atoms with Crippen molar-refractivity contribution in [1.82, 2.24) is 0 Å². The number of rotatable bonds is 5. The van der Waals surface area contributed by atoms with Crippen LogP contribution in [0.4, 0.5) is 0 Å². The first-order valence-corrected chi connectivity index (χ1v) is 4.43. The molecule has 0 nitrogen and oxygen atoms in total. The zero-order chi connectivity index (χ0) is 9.40. The van der Waals surface area contributed by atoms with Crippen LogP contribution in [0.25, 0.3) is 0 Å². The van der Waals surface area contributed by atoms with E-state index in [2.05, 4.69) is 31.6 Å². The van der Waals surface area contributed by atoms with Crippen LogP contribution in [-0.2, 0) is 0 Å². The van der Waals surface area contributed by atoms with Crippen molar-refractivity contribution in [2.75, 3.05) is 0 Å². The molecular formula is C12H18. The fourth-order valence-electron chi connectivity index (χ4n) is 1.14. The van der Waals surface area contributed by atoms with E-state index in [4.69, 9.17) is 6.42 Å². The van der Waals surface area contributed by atoms with E-state index in [9.17, 15) is 0 Å². The van der Waals surface area contributed by atoms with Gasteiger partial charge in [-0.2, -0.15) is 0 Å². The quantitative estimate of drug-likeness (QED) is 0.429. The summed E-state index contributed by atoms with van der Waals surface area (Å²) in [4.78, 5) is 0. The number of terminal acetylenes is 1. The molecule has 2 atom stereocenters. The monoisotopic (exact) mass is 162 g/mol. The van der Waals surface area contributed by atoms with E-state index in [0.717, 1.165) is 12.8 Å². The van der Waals surface area contributed by atoms with Gasteiger partial charge < -0.3 is 0 Å². The summed E-state index contributed by atoms with van der Waals surface area (Å²) >= 11 is 0. The van der Waals surface area contributed by atoms with Crippen molar-refractivity contribution in [3.05, 3.63) is 24.8 Å². The van der Waals surface area contributed by atoms with E-state index in [1.165, 1.54) is 0 Å². The lowest BCUT2D eigenvalue weighted by atomic mass is 9.88. The summed E-state index contributed by atoms with van der Waals surface area (Å²) in [7, 11) is 0. The van der Waals surface area contributed by atoms with E-state index in [1.807, 2.05) is 13.0 Å². The van der Waals surface area contributed by atoms with Gasteiger partial charge in [0.15, 0.2) is 0 Å². The molecule has 0 fully saturated rings. The lowest BCUT2D eigenvalue weighted by Gasteiger charge is -2.16. The van der Waals surface area contributed by atoms with Gasteiger partial charge in [0.1, 0.15) is 0 Å². The molecule has 0 aliphatic carbocycles. The summed E-state index contributed by atoms with van der Waals surface area (Å²) in [5, 5.41) is 0. The maximum Gasteiger partial charge on any atom is 0.0123 e. The summed E-state index contributed by atoms with van der Waals surface area (Å²) in [6, 6.07) is 0. The molecule has 0 aromatic heterocycles. The molecule has 2 unspecified atom stereocenters. The second-order valence-electron chi connectivity index (χ2n) is 3.07. The van der Waals surface area contributed by atoms with Gasteiger partial charge in [-0.1, -0.05) is 25.2 Å². The highest BCUT2D eigenvalue weighted by Gasteiger charge is 2.10. The molecule has 0 saturated carbocycles. The van der Waals surface area contributed by atoms with Crippen molar-refractivity contribution in [2.45, 2.75) is 26.7 Å². The molecule has 0 aliphatic rings. The Morgan fingerprint density at radius 2 is 2.25 bits per heavy atom. The Balaban J connectivity index is 4.03. The second kappa shape index (κ2) is 6.73. The minimum Gasteiger partial charge on any atom is -0.120 e. The Hall–Kier alpha value is -0.960. The van der Waals surface area contributed by atoms with Crippen LogP contribution in [0.5, 0.6) is 0 Å². The third-order valence-corrected chi connectivity index (χ3v) is 2.17. The van der Waals surface area contributed by atoms with Crippen molar-refractivity contribution in [2.24, 2.45) is 11.8 Å². The van der Waals surface area contributed by atoms with Gasteiger partial charge in [0.2, 0.25) is 0 Å². The van der Waals surface area contributed by atoms with Crippen molar-refractivity contribution < 1.29 is 0 Å². The summed E-state index contributed by atoms with van der Waals surface area (Å²) < 4.78 is 0. The zero-order valence-electron chi connectivity index (χ0n) is 8.09. The largest absolute Gasteiger partial charge is 0.120 e. The zero-order valence-corrected chi connectivity index (χ0v) is 8.09. The molecule has 12 heavy (non-hydrogen) atoms. The molecule has 0 rings (SSSR count). The van der Waals surface area contributed by atoms with Crippen LogP contribution in [0, 0.1) is 24.2 Å². The Morgan fingerprint density at radius 3 is 2.67 bits per heavy atom. The fraction of sp³-hybridized carbons (Fsp3) is 0.500. The first-order chi connectivity index (χ1) is 5.76. The van der Waals surface area contributed by atoms with Crippen LogP contribution in [0.15, 0.2) is 24.8 Å². The molecule has 0 aliphatic heterocycles. The summed E-state index contributed by atoms with van der Waals surface area (Å²) in [6.07, 6.45) is 13.4. The molecule has 0 amide bonds. The van der Waals surface area contributed by atoms with Gasteiger partial charge in [0, 0.05) is 6.42 Å². The third kappa shape index (κ3) is 4.03. The highest BCUT2D eigenvalue weighted by molar-refractivity contribution is 4.95. The highest BCUT2D eigenvalue weighted by Crippen LogP contribution is 2.20. The molecule has 0 N–H and O–H groups in total. The van der Waals surface area contributed by atoms with Crippen molar-refractivity contribution in [1.29, 1.82) is 0 Å². The molecule has 66 valence electrons. The Morgan fingerprint density at radius 1 is 1.58 bits per heavy atom. The van der Waals surface area contributed by atoms with E-state index < -0.39 is 0 Å². The number of allylic oxidation sites excluding steroid dienone is 3. The normalized spacial score (nSPS) is 15.4. The van der Waals surface area contributed by atoms with Gasteiger partial charge in [0.05, 0.1) is 0 Å². The van der Waals surface area contributed by atoms with E-state index in [0.29, 0.717) is 11.8 Å². The molecular weight excluding hydrogens is 144 g/mol. The molecule has 0 bridgehead atoms.